The van der Waals surface area contributed by atoms with Crippen molar-refractivity contribution in [2.24, 2.45) is 0 Å². The molecule has 0 N–H and O–H groups in total. The molecule has 1 aromatic rings. The first kappa shape index (κ1) is 9.89. The maximum Gasteiger partial charge on any atom is 0.524 e. The summed E-state index contributed by atoms with van der Waals surface area (Å²) in [5.74, 6) is 2.18. The van der Waals surface area contributed by atoms with Crippen molar-refractivity contribution in [2.75, 3.05) is 14.1 Å². The van der Waals surface area contributed by atoms with Crippen LogP contribution in [0.3, 0.4) is 0 Å². The second kappa shape index (κ2) is 3.84. The van der Waals surface area contributed by atoms with Crippen molar-refractivity contribution in [1.82, 2.24) is 0 Å². The van der Waals surface area contributed by atoms with Gasteiger partial charge in [-0.2, -0.15) is 0 Å². The summed E-state index contributed by atoms with van der Waals surface area (Å²) in [5, 5.41) is 0. The lowest BCUT2D eigenvalue weighted by Crippen LogP contribution is -2.33. The van der Waals surface area contributed by atoms with E-state index in [4.69, 9.17) is 14.0 Å². The molecule has 1 radical (unpaired) electrons. The van der Waals surface area contributed by atoms with Gasteiger partial charge in [-0.25, -0.2) is 4.58 Å². The molecule has 0 amide bonds. The highest BCUT2D eigenvalue weighted by atomic mass is 16.8. The zero-order valence-electron chi connectivity index (χ0n) is 9.06. The molecule has 1 aliphatic rings. The topological polar surface area (TPSA) is 30.7 Å². The molecule has 15 heavy (non-hydrogen) atoms. The Morgan fingerprint density at radius 1 is 1.20 bits per heavy atom. The highest BCUT2D eigenvalue weighted by molar-refractivity contribution is 6.42. The van der Waals surface area contributed by atoms with Gasteiger partial charge in [-0.15, -0.1) is 0 Å². The van der Waals surface area contributed by atoms with E-state index in [9.17, 15) is 0 Å². The van der Waals surface area contributed by atoms with Crippen LogP contribution in [0.15, 0.2) is 24.3 Å². The molecule has 1 aromatic carbocycles. The normalized spacial score (nSPS) is 13.8. The van der Waals surface area contributed by atoms with Crippen LogP contribution in [0.1, 0.15) is 6.92 Å². The Morgan fingerprint density at radius 3 is 2.20 bits per heavy atom. The predicted molar refractivity (Wildman–Crippen MR) is 57.3 cm³/mol. The van der Waals surface area contributed by atoms with E-state index in [1.165, 1.54) is 0 Å². The number of nitrogens with zero attached hydrogens (tertiary/aromatic N) is 1. The van der Waals surface area contributed by atoms with Crippen molar-refractivity contribution in [3.63, 3.8) is 0 Å². The van der Waals surface area contributed by atoms with Crippen LogP contribution >= 0.6 is 0 Å². The van der Waals surface area contributed by atoms with Crippen molar-refractivity contribution in [1.29, 1.82) is 0 Å². The van der Waals surface area contributed by atoms with Crippen LogP contribution < -0.4 is 9.31 Å². The van der Waals surface area contributed by atoms with E-state index in [2.05, 4.69) is 0 Å². The largest absolute Gasteiger partial charge is 0.666 e. The SMILES string of the molecule is CC(O[B-]1Oc2ccccc2O1)=[N+](C)C. The minimum Gasteiger partial charge on any atom is -0.666 e. The van der Waals surface area contributed by atoms with Gasteiger partial charge in [-0.1, -0.05) is 12.1 Å². The van der Waals surface area contributed by atoms with Crippen molar-refractivity contribution < 1.29 is 18.5 Å². The van der Waals surface area contributed by atoms with Crippen molar-refractivity contribution in [2.45, 2.75) is 6.92 Å². The highest BCUT2D eigenvalue weighted by Crippen LogP contribution is 2.32. The fourth-order valence-corrected chi connectivity index (χ4v) is 1.17. The second-order valence-corrected chi connectivity index (χ2v) is 3.50. The van der Waals surface area contributed by atoms with Gasteiger partial charge < -0.3 is 14.0 Å². The van der Waals surface area contributed by atoms with Gasteiger partial charge in [0.05, 0.1) is 6.92 Å². The molecule has 0 spiro atoms. The lowest BCUT2D eigenvalue weighted by Gasteiger charge is -2.21. The van der Waals surface area contributed by atoms with Crippen LogP contribution in [-0.4, -0.2) is 31.9 Å². The lowest BCUT2D eigenvalue weighted by atomic mass is 10.2. The number of hydrogen-bond donors (Lipinski definition) is 0. The van der Waals surface area contributed by atoms with Crippen LogP contribution in [0.5, 0.6) is 11.5 Å². The third-order valence-corrected chi connectivity index (χ3v) is 2.19. The number of benzene rings is 1. The average molecular weight is 206 g/mol. The van der Waals surface area contributed by atoms with E-state index in [-0.39, 0.29) is 0 Å². The van der Waals surface area contributed by atoms with E-state index in [1.807, 2.05) is 49.9 Å². The number of rotatable bonds is 1. The standard InChI is InChI=1S/C10H13BNO3/c1-8(12(2)3)13-11-14-9-6-4-5-7-10(9)15-11/h4-7H,1-3H3. The second-order valence-electron chi connectivity index (χ2n) is 3.50. The molecular weight excluding hydrogens is 193 g/mol. The third kappa shape index (κ3) is 2.06. The van der Waals surface area contributed by atoms with Gasteiger partial charge in [-0.3, -0.25) is 0 Å². The van der Waals surface area contributed by atoms with Gasteiger partial charge in [0.25, 0.3) is 5.90 Å². The molecular formula is C10H13BNO3. The quantitative estimate of drug-likeness (QED) is 0.299. The van der Waals surface area contributed by atoms with Gasteiger partial charge in [-0.05, 0) is 12.1 Å². The maximum atomic E-state index is 5.45. The third-order valence-electron chi connectivity index (χ3n) is 2.19. The van der Waals surface area contributed by atoms with Gasteiger partial charge in [0.1, 0.15) is 25.6 Å². The predicted octanol–water partition coefficient (Wildman–Crippen LogP) is 1.15. The summed E-state index contributed by atoms with van der Waals surface area (Å²) in [4.78, 5) is 0. The first-order valence-corrected chi connectivity index (χ1v) is 4.76. The van der Waals surface area contributed by atoms with E-state index in [0.29, 0.717) is 11.5 Å². The number of fused-ring (bicyclic) bond motifs is 1. The van der Waals surface area contributed by atoms with Gasteiger partial charge in [0, 0.05) is 0 Å². The zero-order valence-corrected chi connectivity index (χ0v) is 9.06. The van der Waals surface area contributed by atoms with Crippen LogP contribution in [-0.2, 0) is 4.65 Å². The molecule has 0 bridgehead atoms. The smallest absolute Gasteiger partial charge is 0.524 e. The molecule has 0 unspecified atom stereocenters. The van der Waals surface area contributed by atoms with E-state index in [1.54, 1.807) is 0 Å². The first-order valence-electron chi connectivity index (χ1n) is 4.76. The summed E-state index contributed by atoms with van der Waals surface area (Å²) in [6, 6.07) is 7.49. The Bertz CT molecular complexity index is 376. The summed E-state index contributed by atoms with van der Waals surface area (Å²) in [5.41, 5.74) is 0. The average Bonchev–Trinajstić information content (AvgIpc) is 2.59. The molecule has 4 nitrogen and oxygen atoms in total. The summed E-state index contributed by atoms with van der Waals surface area (Å²) in [6.07, 6.45) is 0. The van der Waals surface area contributed by atoms with Crippen LogP contribution in [0.2, 0.25) is 0 Å². The van der Waals surface area contributed by atoms with Crippen molar-refractivity contribution >= 4 is 13.2 Å². The fraction of sp³-hybridized carbons (Fsp3) is 0.300. The van der Waals surface area contributed by atoms with Crippen LogP contribution in [0.4, 0.5) is 0 Å². The molecule has 5 heteroatoms. The van der Waals surface area contributed by atoms with Gasteiger partial charge in [0.2, 0.25) is 0 Å². The molecule has 0 aromatic heterocycles. The van der Waals surface area contributed by atoms with Crippen molar-refractivity contribution in [3.8, 4) is 11.5 Å². The minimum absolute atomic E-state index is 0.676. The van der Waals surface area contributed by atoms with E-state index >= 15 is 0 Å². The molecule has 0 aliphatic carbocycles. The van der Waals surface area contributed by atoms with E-state index < -0.39 is 7.32 Å². The lowest BCUT2D eigenvalue weighted by molar-refractivity contribution is -0.473. The number of para-hydroxylation sites is 2. The molecule has 0 saturated heterocycles. The zero-order chi connectivity index (χ0) is 10.8. The fourth-order valence-electron chi connectivity index (χ4n) is 1.17. The minimum atomic E-state index is -0.676. The maximum absolute atomic E-state index is 5.45. The molecule has 0 fully saturated rings. The summed E-state index contributed by atoms with van der Waals surface area (Å²) in [6.45, 7) is 1.86. The molecule has 0 atom stereocenters. The molecule has 1 aliphatic heterocycles. The Morgan fingerprint density at radius 2 is 1.73 bits per heavy atom. The molecule has 2 rings (SSSR count). The van der Waals surface area contributed by atoms with Gasteiger partial charge >= 0.3 is 7.32 Å². The van der Waals surface area contributed by atoms with Crippen LogP contribution in [0, 0.1) is 0 Å². The van der Waals surface area contributed by atoms with Gasteiger partial charge in [0.15, 0.2) is 0 Å². The Hall–Kier alpha value is -1.65. The molecule has 1 heterocycles. The highest BCUT2D eigenvalue weighted by Gasteiger charge is 2.20. The summed E-state index contributed by atoms with van der Waals surface area (Å²) < 4.78 is 18.2. The monoisotopic (exact) mass is 206 g/mol. The molecule has 0 saturated carbocycles. The Labute approximate surface area is 89.3 Å². The Balaban J connectivity index is 2.05. The number of hydrogen-bond acceptors (Lipinski definition) is 3. The van der Waals surface area contributed by atoms with Crippen molar-refractivity contribution in [3.05, 3.63) is 24.3 Å². The van der Waals surface area contributed by atoms with E-state index in [0.717, 1.165) is 5.90 Å². The summed E-state index contributed by atoms with van der Waals surface area (Å²) in [7, 11) is 3.12. The van der Waals surface area contributed by atoms with Crippen LogP contribution in [0.25, 0.3) is 0 Å². The Kier molecular flexibility index (Phi) is 2.54. The first-order chi connectivity index (χ1) is 7.16. The molecule has 79 valence electrons. The summed E-state index contributed by atoms with van der Waals surface area (Å²) >= 11 is 0.